The van der Waals surface area contributed by atoms with E-state index in [1.807, 2.05) is 37.2 Å². The van der Waals surface area contributed by atoms with E-state index in [1.165, 1.54) is 0 Å². The van der Waals surface area contributed by atoms with Gasteiger partial charge in [-0.25, -0.2) is 15.2 Å². The quantitative estimate of drug-likeness (QED) is 0.538. The molecule has 1 atom stereocenters. The van der Waals surface area contributed by atoms with Crippen molar-refractivity contribution < 1.29 is 14.6 Å². The van der Waals surface area contributed by atoms with Gasteiger partial charge in [-0.3, -0.25) is 5.01 Å². The Morgan fingerprint density at radius 1 is 1.38 bits per heavy atom. The van der Waals surface area contributed by atoms with Gasteiger partial charge in [0.25, 0.3) is 0 Å². The van der Waals surface area contributed by atoms with Gasteiger partial charge in [0, 0.05) is 23.4 Å². The summed E-state index contributed by atoms with van der Waals surface area (Å²) in [4.78, 5) is 19.7. The lowest BCUT2D eigenvalue weighted by atomic mass is 10.1. The number of hydrogen-bond donors (Lipinski definition) is 2. The molecule has 0 radical (unpaired) electrons. The molecule has 1 aromatic rings. The van der Waals surface area contributed by atoms with Crippen LogP contribution in [0.2, 0.25) is 0 Å². The third kappa shape index (κ3) is 5.48. The summed E-state index contributed by atoms with van der Waals surface area (Å²) < 4.78 is 3.45. The molecule has 0 aliphatic carbocycles. The highest BCUT2D eigenvalue weighted by molar-refractivity contribution is 8.07. The van der Waals surface area contributed by atoms with E-state index in [1.54, 1.807) is 22.7 Å². The Morgan fingerprint density at radius 2 is 2.16 bits per heavy atom. The predicted octanol–water partition coefficient (Wildman–Crippen LogP) is 5.18. The Labute approximate surface area is 206 Å². The topological polar surface area (TPSA) is 77.4 Å². The lowest BCUT2D eigenvalue weighted by molar-refractivity contribution is 0.107. The summed E-state index contributed by atoms with van der Waals surface area (Å²) in [7, 11) is 0. The first-order valence-electron chi connectivity index (χ1n) is 10.1. The number of carbonyl (C=O) groups is 1. The number of hydrazine groups is 1. The largest absolute Gasteiger partial charge is 0.506 e. The van der Waals surface area contributed by atoms with Gasteiger partial charge in [0.2, 0.25) is 3.79 Å². The number of aryl methyl sites for hydroxylation is 2. The maximum Gasteiger partial charge on any atom is 0.410 e. The van der Waals surface area contributed by atoms with E-state index in [4.69, 9.17) is 44.5 Å². The zero-order chi connectivity index (χ0) is 23.0. The van der Waals surface area contributed by atoms with Gasteiger partial charge in [-0.1, -0.05) is 52.6 Å². The van der Waals surface area contributed by atoms with Crippen LogP contribution in [0.3, 0.4) is 0 Å². The summed E-state index contributed by atoms with van der Waals surface area (Å²) in [6.07, 6.45) is 5.12. The number of anilines is 1. The third-order valence-corrected chi connectivity index (χ3v) is 6.55. The molecule has 0 spiro atoms. The van der Waals surface area contributed by atoms with E-state index in [9.17, 15) is 9.90 Å². The number of piperidine rings is 1. The summed E-state index contributed by atoms with van der Waals surface area (Å²) >= 11 is 18.5. The van der Waals surface area contributed by atoms with Crippen molar-refractivity contribution in [1.29, 1.82) is 0 Å². The summed E-state index contributed by atoms with van der Waals surface area (Å²) in [5.74, 6) is 0.241. The maximum atomic E-state index is 12.2. The number of phenolic OH excluding ortho intramolecular Hbond substituents is 1. The lowest BCUT2D eigenvalue weighted by Gasteiger charge is -2.27. The monoisotopic (exact) mass is 516 g/mol. The molecule has 32 heavy (non-hydrogen) atoms. The number of aromatic hydroxyl groups is 1. The molecule has 7 nitrogen and oxygen atoms in total. The zero-order valence-electron chi connectivity index (χ0n) is 17.6. The summed E-state index contributed by atoms with van der Waals surface area (Å²) in [6.45, 7) is 4.60. The number of rotatable bonds is 3. The third-order valence-electron chi connectivity index (χ3n) is 5.19. The smallest absolute Gasteiger partial charge is 0.410 e. The molecule has 4 rings (SSSR count). The molecule has 172 valence electrons. The number of thioether (sulfide) groups is 1. The number of halogens is 3. The van der Waals surface area contributed by atoms with Crippen LogP contribution >= 0.6 is 46.6 Å². The molecule has 11 heteroatoms. The first-order valence-corrected chi connectivity index (χ1v) is 12.1. The van der Waals surface area contributed by atoms with Gasteiger partial charge < -0.3 is 14.7 Å². The first-order chi connectivity index (χ1) is 15.1. The Morgan fingerprint density at radius 3 is 2.84 bits per heavy atom. The van der Waals surface area contributed by atoms with Gasteiger partial charge in [0.15, 0.2) is 0 Å². The molecule has 3 heterocycles. The average molecular weight is 518 g/mol. The highest BCUT2D eigenvalue weighted by atomic mass is 35.6. The summed E-state index contributed by atoms with van der Waals surface area (Å²) in [6, 6.07) is 3.79. The number of aliphatic imine (C=N–C) groups is 1. The molecule has 1 fully saturated rings. The van der Waals surface area contributed by atoms with Crippen molar-refractivity contribution in [3.05, 3.63) is 45.5 Å². The van der Waals surface area contributed by atoms with Crippen molar-refractivity contribution in [2.75, 3.05) is 24.7 Å². The van der Waals surface area contributed by atoms with Crippen LogP contribution in [0.25, 0.3) is 0 Å². The number of likely N-dealkylation sites (tertiary alicyclic amines) is 1. The van der Waals surface area contributed by atoms with Crippen LogP contribution in [0.5, 0.6) is 5.75 Å². The molecule has 3 aliphatic heterocycles. The van der Waals surface area contributed by atoms with Gasteiger partial charge in [-0.15, -0.1) is 0 Å². The minimum atomic E-state index is -1.63. The number of nitrogens with one attached hydrogen (secondary N) is 1. The fourth-order valence-electron chi connectivity index (χ4n) is 3.90. The average Bonchev–Trinajstić information content (AvgIpc) is 3.23. The molecule has 2 N–H and O–H groups in total. The second-order valence-corrected chi connectivity index (χ2v) is 11.5. The fourth-order valence-corrected chi connectivity index (χ4v) is 5.09. The van der Waals surface area contributed by atoms with Crippen LogP contribution in [0, 0.1) is 13.8 Å². The van der Waals surface area contributed by atoms with Crippen LogP contribution in [-0.2, 0) is 4.74 Å². The minimum absolute atomic E-state index is 0.00611. The fraction of sp³-hybridized carbons (Fsp3) is 0.429. The van der Waals surface area contributed by atoms with E-state index in [0.29, 0.717) is 13.1 Å². The first kappa shape index (κ1) is 23.6. The van der Waals surface area contributed by atoms with Crippen LogP contribution in [-0.4, -0.2) is 51.3 Å². The number of phenols is 1. The number of fused-ring (bicyclic) bond motifs is 1. The van der Waals surface area contributed by atoms with Crippen molar-refractivity contribution in [2.24, 2.45) is 4.99 Å². The number of alkyl halides is 3. The highest BCUT2D eigenvalue weighted by Crippen LogP contribution is 2.43. The lowest BCUT2D eigenvalue weighted by Crippen LogP contribution is -2.41. The standard InChI is InChI=1S/C21H23Cl3N4O3S/c1-12-6-13(2)19(16(29)7-12)28-10-17-15(26-28)8-18(32-17)25-14-4-3-5-27(9-14)20(30)31-11-21(22,23)24/h6-8,10,15,26,29H,3-5,9,11H2,1-2H3/b25-14+. The van der Waals surface area contributed by atoms with Crippen LogP contribution in [0.1, 0.15) is 24.0 Å². The van der Waals surface area contributed by atoms with Crippen molar-refractivity contribution in [1.82, 2.24) is 10.3 Å². The Bertz CT molecular complexity index is 999. The molecule has 3 aliphatic rings. The van der Waals surface area contributed by atoms with E-state index in [0.717, 1.165) is 45.3 Å². The Kier molecular flexibility index (Phi) is 6.89. The second-order valence-electron chi connectivity index (χ2n) is 7.94. The molecule has 1 unspecified atom stereocenters. The SMILES string of the molecule is Cc1cc(C)c(N2C=C3SC(/N=C4\CCCN(C(=O)OCC(Cl)(Cl)Cl)C4)=CC3N2)c(O)c1. The normalized spacial score (nSPS) is 22.2. The van der Waals surface area contributed by atoms with Crippen molar-refractivity contribution >= 4 is 64.1 Å². The van der Waals surface area contributed by atoms with E-state index in [-0.39, 0.29) is 18.4 Å². The minimum Gasteiger partial charge on any atom is -0.506 e. The molecular weight excluding hydrogens is 495 g/mol. The molecule has 0 aromatic heterocycles. The number of hydrogen-bond acceptors (Lipinski definition) is 7. The summed E-state index contributed by atoms with van der Waals surface area (Å²) in [5.41, 5.74) is 7.05. The van der Waals surface area contributed by atoms with Crippen LogP contribution in [0.15, 0.2) is 39.3 Å². The van der Waals surface area contributed by atoms with Gasteiger partial charge in [0.1, 0.15) is 18.0 Å². The molecular formula is C21H23Cl3N4O3S. The summed E-state index contributed by atoms with van der Waals surface area (Å²) in [5, 5.41) is 13.1. The van der Waals surface area contributed by atoms with Gasteiger partial charge in [-0.05, 0) is 50.0 Å². The van der Waals surface area contributed by atoms with E-state index >= 15 is 0 Å². The van der Waals surface area contributed by atoms with E-state index in [2.05, 4.69) is 5.43 Å². The zero-order valence-corrected chi connectivity index (χ0v) is 20.7. The number of benzene rings is 1. The highest BCUT2D eigenvalue weighted by Gasteiger charge is 2.32. The number of amides is 1. The van der Waals surface area contributed by atoms with Crippen molar-refractivity contribution in [2.45, 2.75) is 36.5 Å². The molecule has 0 saturated carbocycles. The molecule has 0 bridgehead atoms. The maximum absolute atomic E-state index is 12.2. The van der Waals surface area contributed by atoms with Crippen LogP contribution in [0.4, 0.5) is 10.5 Å². The molecule has 1 amide bonds. The molecule has 1 aromatic carbocycles. The second kappa shape index (κ2) is 9.35. The Hall–Kier alpha value is -1.58. The Balaban J connectivity index is 1.39. The van der Waals surface area contributed by atoms with Gasteiger partial charge in [0.05, 0.1) is 17.6 Å². The van der Waals surface area contributed by atoms with Gasteiger partial charge >= 0.3 is 6.09 Å². The number of nitrogens with zero attached hydrogens (tertiary/aromatic N) is 3. The number of carbonyl (C=O) groups excluding carboxylic acids is 1. The number of ether oxygens (including phenoxy) is 1. The van der Waals surface area contributed by atoms with Crippen molar-refractivity contribution in [3.63, 3.8) is 0 Å². The van der Waals surface area contributed by atoms with Crippen LogP contribution < -0.4 is 10.4 Å². The van der Waals surface area contributed by atoms with E-state index < -0.39 is 9.89 Å². The molecule has 1 saturated heterocycles. The predicted molar refractivity (Wildman–Crippen MR) is 131 cm³/mol. The van der Waals surface area contributed by atoms with Crippen molar-refractivity contribution in [3.8, 4) is 5.75 Å². The van der Waals surface area contributed by atoms with Gasteiger partial charge in [-0.2, -0.15) is 0 Å².